The van der Waals surface area contributed by atoms with Crippen molar-refractivity contribution < 1.29 is 9.53 Å². The molecule has 2 unspecified atom stereocenters. The Hall–Kier alpha value is -1.38. The van der Waals surface area contributed by atoms with Crippen LogP contribution < -0.4 is 0 Å². The lowest BCUT2D eigenvalue weighted by molar-refractivity contribution is 0.0524. The lowest BCUT2D eigenvalue weighted by Gasteiger charge is -2.28. The maximum atomic E-state index is 12.2. The van der Waals surface area contributed by atoms with Crippen LogP contribution in [0.5, 0.6) is 0 Å². The van der Waals surface area contributed by atoms with Crippen LogP contribution in [0.15, 0.2) is 6.07 Å². The van der Waals surface area contributed by atoms with E-state index in [4.69, 9.17) is 9.72 Å². The van der Waals surface area contributed by atoms with Gasteiger partial charge in [0, 0.05) is 17.5 Å². The highest BCUT2D eigenvalue weighted by Crippen LogP contribution is 2.43. The van der Waals surface area contributed by atoms with Crippen molar-refractivity contribution in [3.05, 3.63) is 28.6 Å². The van der Waals surface area contributed by atoms with Gasteiger partial charge < -0.3 is 4.74 Å². The smallest absolute Gasteiger partial charge is 0.339 e. The Kier molecular flexibility index (Phi) is 3.53. The number of aromatic nitrogens is 1. The first kappa shape index (κ1) is 13.6. The van der Waals surface area contributed by atoms with E-state index in [0.717, 1.165) is 30.5 Å². The van der Waals surface area contributed by atoms with Gasteiger partial charge >= 0.3 is 5.97 Å². The monoisotopic (exact) mass is 273 g/mol. The Balaban J connectivity index is 2.04. The summed E-state index contributed by atoms with van der Waals surface area (Å²) in [5.41, 5.74) is 4.18. The van der Waals surface area contributed by atoms with Crippen molar-refractivity contribution >= 4 is 5.97 Å². The molecule has 0 radical (unpaired) electrons. The summed E-state index contributed by atoms with van der Waals surface area (Å²) in [5.74, 6) is 1.45. The summed E-state index contributed by atoms with van der Waals surface area (Å²) in [6, 6.07) is 2.07. The van der Waals surface area contributed by atoms with Crippen molar-refractivity contribution in [1.29, 1.82) is 0 Å². The quantitative estimate of drug-likeness (QED) is 0.786. The van der Waals surface area contributed by atoms with E-state index in [1.807, 2.05) is 6.92 Å². The molecule has 1 heterocycles. The molecule has 3 heteroatoms. The number of hydrogen-bond acceptors (Lipinski definition) is 3. The predicted molar refractivity (Wildman–Crippen MR) is 78.1 cm³/mol. The van der Waals surface area contributed by atoms with E-state index in [9.17, 15) is 4.79 Å². The molecule has 1 fully saturated rings. The van der Waals surface area contributed by atoms with E-state index in [2.05, 4.69) is 19.9 Å². The number of esters is 1. The number of ether oxygens (including phenoxy) is 1. The van der Waals surface area contributed by atoms with Crippen LogP contribution in [0.4, 0.5) is 0 Å². The van der Waals surface area contributed by atoms with E-state index >= 15 is 0 Å². The predicted octanol–water partition coefficient (Wildman–Crippen LogP) is 3.82. The fraction of sp³-hybridized carbons (Fsp3) is 0.647. The Bertz CT molecular complexity index is 534. The van der Waals surface area contributed by atoms with Crippen molar-refractivity contribution in [3.8, 4) is 0 Å². The lowest BCUT2D eigenvalue weighted by Crippen LogP contribution is -2.21. The van der Waals surface area contributed by atoms with Gasteiger partial charge in [-0.15, -0.1) is 0 Å². The third-order valence-electron chi connectivity index (χ3n) is 4.78. The zero-order valence-electron chi connectivity index (χ0n) is 12.6. The second kappa shape index (κ2) is 5.19. The molecule has 2 atom stereocenters. The fourth-order valence-electron chi connectivity index (χ4n) is 3.12. The first-order valence-electron chi connectivity index (χ1n) is 7.82. The van der Waals surface area contributed by atoms with Crippen molar-refractivity contribution in [2.45, 2.75) is 58.3 Å². The zero-order valence-corrected chi connectivity index (χ0v) is 12.6. The van der Waals surface area contributed by atoms with Gasteiger partial charge in [0.2, 0.25) is 0 Å². The lowest BCUT2D eigenvalue weighted by atomic mass is 9.79. The first-order chi connectivity index (χ1) is 9.61. The number of nitrogens with zero attached hydrogens (tertiary/aromatic N) is 1. The fourth-order valence-corrected chi connectivity index (χ4v) is 3.12. The third-order valence-corrected chi connectivity index (χ3v) is 4.78. The Morgan fingerprint density at radius 1 is 1.30 bits per heavy atom. The van der Waals surface area contributed by atoms with Crippen LogP contribution in [0, 0.1) is 5.92 Å². The van der Waals surface area contributed by atoms with Crippen LogP contribution >= 0.6 is 0 Å². The summed E-state index contributed by atoms with van der Waals surface area (Å²) in [6.07, 6.45) is 4.52. The average molecular weight is 273 g/mol. The zero-order chi connectivity index (χ0) is 14.3. The molecule has 0 amide bonds. The van der Waals surface area contributed by atoms with E-state index in [-0.39, 0.29) is 5.97 Å². The van der Waals surface area contributed by atoms with Crippen LogP contribution in [-0.4, -0.2) is 17.6 Å². The number of pyridine rings is 1. The van der Waals surface area contributed by atoms with Crippen LogP contribution in [-0.2, 0) is 11.2 Å². The normalized spacial score (nSPS) is 25.1. The van der Waals surface area contributed by atoms with Crippen LogP contribution in [0.3, 0.4) is 0 Å². The second-order valence-electron chi connectivity index (χ2n) is 6.26. The molecule has 0 saturated heterocycles. The average Bonchev–Trinajstić information content (AvgIpc) is 3.26. The van der Waals surface area contributed by atoms with E-state index in [0.29, 0.717) is 24.4 Å². The van der Waals surface area contributed by atoms with Crippen LogP contribution in [0.1, 0.15) is 79.2 Å². The summed E-state index contributed by atoms with van der Waals surface area (Å²) < 4.78 is 5.21. The highest BCUT2D eigenvalue weighted by Gasteiger charge is 2.33. The molecular formula is C17H23NO2. The molecule has 108 valence electrons. The van der Waals surface area contributed by atoms with E-state index in [1.54, 1.807) is 0 Å². The molecule has 2 aliphatic rings. The van der Waals surface area contributed by atoms with Gasteiger partial charge in [-0.2, -0.15) is 0 Å². The van der Waals surface area contributed by atoms with Gasteiger partial charge in [-0.1, -0.05) is 13.8 Å². The summed E-state index contributed by atoms with van der Waals surface area (Å²) >= 11 is 0. The maximum Gasteiger partial charge on any atom is 0.339 e. The summed E-state index contributed by atoms with van der Waals surface area (Å²) in [7, 11) is 0. The molecule has 3 rings (SSSR count). The number of rotatable bonds is 3. The number of aryl methyl sites for hydroxylation is 1. The Morgan fingerprint density at radius 2 is 2.05 bits per heavy atom. The van der Waals surface area contributed by atoms with Crippen molar-refractivity contribution in [2.24, 2.45) is 5.92 Å². The molecule has 0 spiro atoms. The summed E-state index contributed by atoms with van der Waals surface area (Å²) in [4.78, 5) is 17.1. The largest absolute Gasteiger partial charge is 0.462 e. The number of carbonyl (C=O) groups excluding carboxylic acids is 1. The van der Waals surface area contributed by atoms with Crippen LogP contribution in [0.2, 0.25) is 0 Å². The standard InChI is InChI=1S/C17H23NO2/c1-4-20-17(19)14-9-13-6-5-10(2)11(3)15(13)18-16(14)12-7-8-12/h9-12H,4-8H2,1-3H3. The van der Waals surface area contributed by atoms with Gasteiger partial charge in [0.05, 0.1) is 17.9 Å². The summed E-state index contributed by atoms with van der Waals surface area (Å²) in [6.45, 7) is 6.83. The number of fused-ring (bicyclic) bond motifs is 1. The van der Waals surface area contributed by atoms with Crippen LogP contribution in [0.25, 0.3) is 0 Å². The van der Waals surface area contributed by atoms with Crippen molar-refractivity contribution in [3.63, 3.8) is 0 Å². The van der Waals surface area contributed by atoms with Gasteiger partial charge in [0.1, 0.15) is 0 Å². The molecule has 1 aromatic heterocycles. The molecule has 0 aliphatic heterocycles. The Morgan fingerprint density at radius 3 is 2.70 bits per heavy atom. The molecule has 0 aromatic carbocycles. The minimum Gasteiger partial charge on any atom is -0.462 e. The minimum absolute atomic E-state index is 0.198. The molecule has 20 heavy (non-hydrogen) atoms. The molecule has 1 saturated carbocycles. The molecular weight excluding hydrogens is 250 g/mol. The number of hydrogen-bond donors (Lipinski definition) is 0. The molecule has 3 nitrogen and oxygen atoms in total. The molecule has 2 aliphatic carbocycles. The maximum absolute atomic E-state index is 12.2. The Labute approximate surface area is 120 Å². The molecule has 1 aromatic rings. The third kappa shape index (κ3) is 2.34. The summed E-state index contributed by atoms with van der Waals surface area (Å²) in [5, 5.41) is 0. The minimum atomic E-state index is -0.198. The van der Waals surface area contributed by atoms with E-state index in [1.165, 1.54) is 17.7 Å². The van der Waals surface area contributed by atoms with Gasteiger partial charge in [0.25, 0.3) is 0 Å². The SMILES string of the molecule is CCOC(=O)c1cc2c(nc1C1CC1)C(C)C(C)CC2. The van der Waals surface area contributed by atoms with Gasteiger partial charge in [-0.25, -0.2) is 4.79 Å². The second-order valence-corrected chi connectivity index (χ2v) is 6.26. The van der Waals surface area contributed by atoms with Gasteiger partial charge in [-0.05, 0) is 50.2 Å². The van der Waals surface area contributed by atoms with Crippen molar-refractivity contribution in [2.75, 3.05) is 6.61 Å². The molecule has 0 N–H and O–H groups in total. The van der Waals surface area contributed by atoms with Crippen molar-refractivity contribution in [1.82, 2.24) is 4.98 Å². The number of carbonyl (C=O) groups is 1. The molecule has 0 bridgehead atoms. The van der Waals surface area contributed by atoms with Gasteiger partial charge in [0.15, 0.2) is 0 Å². The first-order valence-corrected chi connectivity index (χ1v) is 7.82. The van der Waals surface area contributed by atoms with Gasteiger partial charge in [-0.3, -0.25) is 4.98 Å². The highest BCUT2D eigenvalue weighted by molar-refractivity contribution is 5.91. The highest BCUT2D eigenvalue weighted by atomic mass is 16.5. The van der Waals surface area contributed by atoms with E-state index < -0.39 is 0 Å². The topological polar surface area (TPSA) is 39.2 Å².